The monoisotopic (exact) mass is 587 g/mol. The van der Waals surface area contributed by atoms with Crippen molar-refractivity contribution in [2.24, 2.45) is 14.1 Å². The van der Waals surface area contributed by atoms with E-state index in [0.29, 0.717) is 29.6 Å². The van der Waals surface area contributed by atoms with E-state index in [1.54, 1.807) is 39.1 Å². The number of aryl methyl sites for hydroxylation is 2. The number of carbonyl (C=O) groups excluding carboxylic acids is 1. The average Bonchev–Trinajstić information content (AvgIpc) is 3.69. The van der Waals surface area contributed by atoms with Gasteiger partial charge in [0.05, 0.1) is 23.7 Å². The Balaban J connectivity index is 1.17. The third-order valence-electron chi connectivity index (χ3n) is 7.91. The molecule has 0 aliphatic heterocycles. The van der Waals surface area contributed by atoms with Crippen molar-refractivity contribution < 1.29 is 4.79 Å². The Morgan fingerprint density at radius 3 is 2.45 bits per heavy atom. The van der Waals surface area contributed by atoms with Crippen LogP contribution in [-0.4, -0.2) is 52.6 Å². The molecule has 1 aliphatic carbocycles. The van der Waals surface area contributed by atoms with Crippen molar-refractivity contribution in [3.05, 3.63) is 90.6 Å². The minimum atomic E-state index is -0.178. The van der Waals surface area contributed by atoms with Crippen molar-refractivity contribution in [3.63, 3.8) is 0 Å². The van der Waals surface area contributed by atoms with Gasteiger partial charge >= 0.3 is 6.03 Å². The lowest BCUT2D eigenvalue weighted by Crippen LogP contribution is -2.49. The first-order valence-electron chi connectivity index (χ1n) is 14.6. The summed E-state index contributed by atoms with van der Waals surface area (Å²) in [6, 6.07) is 17.7. The second-order valence-electron chi connectivity index (χ2n) is 10.9. The van der Waals surface area contributed by atoms with E-state index in [-0.39, 0.29) is 18.1 Å². The van der Waals surface area contributed by atoms with Crippen molar-refractivity contribution in [2.45, 2.75) is 44.3 Å². The Kier molecular flexibility index (Phi) is 8.27. The number of rotatable bonds is 8. The van der Waals surface area contributed by atoms with E-state index in [0.717, 1.165) is 48.1 Å². The maximum Gasteiger partial charge on any atom is 0.323 e. The lowest BCUT2D eigenvalue weighted by molar-refractivity contribution is 0.240. The number of nitriles is 1. The van der Waals surface area contributed by atoms with Gasteiger partial charge in [0.15, 0.2) is 0 Å². The molecule has 1 aromatic carbocycles. The summed E-state index contributed by atoms with van der Waals surface area (Å²) in [5.41, 5.74) is 4.61. The molecule has 0 saturated heterocycles. The van der Waals surface area contributed by atoms with Gasteiger partial charge in [-0.05, 0) is 49.4 Å². The first-order valence-corrected chi connectivity index (χ1v) is 14.6. The molecule has 4 heterocycles. The molecule has 12 nitrogen and oxygen atoms in total. The number of benzene rings is 1. The van der Waals surface area contributed by atoms with E-state index >= 15 is 0 Å². The van der Waals surface area contributed by atoms with Crippen molar-refractivity contribution in [1.29, 1.82) is 5.26 Å². The molecule has 222 valence electrons. The number of aromatic nitrogens is 7. The fraction of sp³-hybridized carbons (Fsp3) is 0.281. The van der Waals surface area contributed by atoms with Crippen molar-refractivity contribution >= 4 is 17.8 Å². The first-order chi connectivity index (χ1) is 21.5. The number of carbonyl (C=O) groups is 1. The number of urea groups is 1. The summed E-state index contributed by atoms with van der Waals surface area (Å²) in [5.74, 6) is 1.07. The summed E-state index contributed by atoms with van der Waals surface area (Å²) >= 11 is 0. The number of hydrogen-bond acceptors (Lipinski definition) is 8. The highest BCUT2D eigenvalue weighted by atomic mass is 16.2. The van der Waals surface area contributed by atoms with Gasteiger partial charge in [-0.3, -0.25) is 14.3 Å². The van der Waals surface area contributed by atoms with Gasteiger partial charge < -0.3 is 10.6 Å². The van der Waals surface area contributed by atoms with Crippen molar-refractivity contribution in [3.8, 4) is 28.6 Å². The summed E-state index contributed by atoms with van der Waals surface area (Å²) < 4.78 is 3.44. The Labute approximate surface area is 255 Å². The van der Waals surface area contributed by atoms with Crippen LogP contribution in [0.4, 0.5) is 16.6 Å². The van der Waals surface area contributed by atoms with E-state index in [1.807, 2.05) is 68.8 Å². The Bertz CT molecular complexity index is 1760. The van der Waals surface area contributed by atoms with Gasteiger partial charge in [0.2, 0.25) is 5.95 Å². The number of hydrogen-bond donors (Lipinski definition) is 2. The zero-order valence-electron chi connectivity index (χ0n) is 24.6. The van der Waals surface area contributed by atoms with Crippen LogP contribution in [-0.2, 0) is 20.6 Å². The normalized spacial score (nSPS) is 16.2. The standard InChI is InChI=1S/C32H33N11O/c1-41-21-25(20-38-41)23-8-13-29(34-18-23)43(32(44)36-17-22-6-4-3-5-7-22)27-11-9-26(10-12-27)39-31-35-19-24(16-33)30(40-31)28-14-15-37-42(28)2/h3-8,13-15,18-21,26-27H,9-12,17H2,1-2H3,(H,36,44)(H,35,39,40)/t26-,27-. The topological polar surface area (TPSA) is 142 Å². The second-order valence-corrected chi connectivity index (χ2v) is 10.9. The smallest absolute Gasteiger partial charge is 0.323 e. The Hall–Kier alpha value is -5.57. The molecule has 2 N–H and O–H groups in total. The third-order valence-corrected chi connectivity index (χ3v) is 7.91. The minimum Gasteiger partial charge on any atom is -0.351 e. The lowest BCUT2D eigenvalue weighted by Gasteiger charge is -2.36. The predicted octanol–water partition coefficient (Wildman–Crippen LogP) is 4.68. The van der Waals surface area contributed by atoms with Crippen LogP contribution < -0.4 is 15.5 Å². The molecule has 6 rings (SSSR count). The van der Waals surface area contributed by atoms with Gasteiger partial charge in [-0.2, -0.15) is 15.5 Å². The molecule has 0 unspecified atom stereocenters. The SMILES string of the molecule is Cn1cc(-c2ccc(N(C(=O)NCc3ccccc3)[C@H]3CC[C@H](Nc4ncc(C#N)c(-c5ccnn5C)n4)CC3)nc2)cn1. The molecule has 0 bridgehead atoms. The predicted molar refractivity (Wildman–Crippen MR) is 166 cm³/mol. The van der Waals surface area contributed by atoms with Gasteiger partial charge in [-0.25, -0.2) is 19.7 Å². The van der Waals surface area contributed by atoms with E-state index < -0.39 is 0 Å². The molecule has 5 aromatic rings. The van der Waals surface area contributed by atoms with E-state index in [1.165, 1.54) is 0 Å². The van der Waals surface area contributed by atoms with Gasteiger partial charge in [-0.15, -0.1) is 0 Å². The summed E-state index contributed by atoms with van der Waals surface area (Å²) in [5, 5.41) is 24.6. The van der Waals surface area contributed by atoms with E-state index in [2.05, 4.69) is 36.9 Å². The fourth-order valence-corrected chi connectivity index (χ4v) is 5.58. The first kappa shape index (κ1) is 28.5. The minimum absolute atomic E-state index is 0.0348. The second kappa shape index (κ2) is 12.7. The summed E-state index contributed by atoms with van der Waals surface area (Å²) in [7, 11) is 3.69. The number of amides is 2. The maximum absolute atomic E-state index is 13.7. The highest BCUT2D eigenvalue weighted by Gasteiger charge is 2.31. The van der Waals surface area contributed by atoms with Crippen LogP contribution in [0.2, 0.25) is 0 Å². The average molecular weight is 588 g/mol. The van der Waals surface area contributed by atoms with Gasteiger partial charge in [0, 0.05) is 62.4 Å². The quantitative estimate of drug-likeness (QED) is 0.266. The number of nitrogens with zero attached hydrogens (tertiary/aromatic N) is 9. The number of pyridine rings is 1. The van der Waals surface area contributed by atoms with Crippen LogP contribution >= 0.6 is 0 Å². The van der Waals surface area contributed by atoms with E-state index in [4.69, 9.17) is 4.98 Å². The molecular formula is C32H33N11O. The summed E-state index contributed by atoms with van der Waals surface area (Å²) in [6.45, 7) is 0.426. The molecule has 2 amide bonds. The molecule has 1 saturated carbocycles. The fourth-order valence-electron chi connectivity index (χ4n) is 5.58. The Morgan fingerprint density at radius 1 is 0.977 bits per heavy atom. The summed E-state index contributed by atoms with van der Waals surface area (Å²) in [4.78, 5) is 29.3. The molecule has 1 aliphatic rings. The Morgan fingerprint density at radius 2 is 1.80 bits per heavy atom. The molecule has 44 heavy (non-hydrogen) atoms. The molecule has 12 heteroatoms. The zero-order valence-corrected chi connectivity index (χ0v) is 24.6. The van der Waals surface area contributed by atoms with Crippen LogP contribution in [0.15, 0.2) is 79.5 Å². The van der Waals surface area contributed by atoms with Crippen LogP contribution in [0, 0.1) is 11.3 Å². The third kappa shape index (κ3) is 6.27. The van der Waals surface area contributed by atoms with E-state index in [9.17, 15) is 10.1 Å². The summed E-state index contributed by atoms with van der Waals surface area (Å²) in [6.07, 6.45) is 11.9. The maximum atomic E-state index is 13.7. The van der Waals surface area contributed by atoms with Crippen LogP contribution in [0.1, 0.15) is 36.8 Å². The largest absolute Gasteiger partial charge is 0.351 e. The lowest BCUT2D eigenvalue weighted by atomic mass is 9.90. The molecule has 4 aromatic heterocycles. The molecule has 0 spiro atoms. The molecule has 0 radical (unpaired) electrons. The molecule has 0 atom stereocenters. The zero-order chi connectivity index (χ0) is 30.5. The number of nitrogens with one attached hydrogen (secondary N) is 2. The highest BCUT2D eigenvalue weighted by molar-refractivity contribution is 5.91. The van der Waals surface area contributed by atoms with Crippen LogP contribution in [0.25, 0.3) is 22.5 Å². The van der Waals surface area contributed by atoms with Gasteiger partial charge in [0.25, 0.3) is 0 Å². The van der Waals surface area contributed by atoms with Crippen LogP contribution in [0.3, 0.4) is 0 Å². The van der Waals surface area contributed by atoms with Crippen molar-refractivity contribution in [2.75, 3.05) is 10.2 Å². The van der Waals surface area contributed by atoms with Gasteiger partial charge in [-0.1, -0.05) is 30.3 Å². The van der Waals surface area contributed by atoms with Crippen molar-refractivity contribution in [1.82, 2.24) is 39.8 Å². The molecule has 1 fully saturated rings. The number of anilines is 2. The van der Waals surface area contributed by atoms with Gasteiger partial charge in [0.1, 0.15) is 17.6 Å². The molecular weight excluding hydrogens is 554 g/mol. The highest BCUT2D eigenvalue weighted by Crippen LogP contribution is 2.30. The van der Waals surface area contributed by atoms with Crippen LogP contribution in [0.5, 0.6) is 0 Å².